The van der Waals surface area contributed by atoms with Crippen LogP contribution >= 0.6 is 23.5 Å². The zero-order valence-electron chi connectivity index (χ0n) is 37.6. The van der Waals surface area contributed by atoms with Gasteiger partial charge in [0.1, 0.15) is 23.7 Å². The van der Waals surface area contributed by atoms with E-state index in [-0.39, 0.29) is 40.4 Å². The van der Waals surface area contributed by atoms with E-state index in [1.165, 1.54) is 55.5 Å². The van der Waals surface area contributed by atoms with E-state index in [1.54, 1.807) is 18.4 Å². The van der Waals surface area contributed by atoms with Crippen molar-refractivity contribution in [3.05, 3.63) is 69.0 Å². The third-order valence-electron chi connectivity index (χ3n) is 11.8. The van der Waals surface area contributed by atoms with Gasteiger partial charge in [-0.25, -0.2) is 9.18 Å². The van der Waals surface area contributed by atoms with E-state index < -0.39 is 40.6 Å². The Labute approximate surface area is 374 Å². The highest BCUT2D eigenvalue weighted by Crippen LogP contribution is 2.47. The summed E-state index contributed by atoms with van der Waals surface area (Å²) in [5.74, 6) is -4.26. The van der Waals surface area contributed by atoms with Gasteiger partial charge in [-0.3, -0.25) is 24.1 Å². The van der Waals surface area contributed by atoms with E-state index in [0.717, 1.165) is 73.9 Å². The molecule has 4 saturated heterocycles. The van der Waals surface area contributed by atoms with Crippen LogP contribution in [0.2, 0.25) is 0 Å². The number of β-lactam (4-membered cyclic amide) rings is 1. The number of nitrogens with two attached hydrogens (primary N) is 1. The summed E-state index contributed by atoms with van der Waals surface area (Å²) in [6, 6.07) is 1.42. The number of esters is 2. The Morgan fingerprint density at radius 2 is 1.71 bits per heavy atom. The molecule has 62 heavy (non-hydrogen) atoms. The van der Waals surface area contributed by atoms with Crippen LogP contribution in [0.15, 0.2) is 57.6 Å². The lowest BCUT2D eigenvalue weighted by Crippen LogP contribution is -2.71. The number of piperidine rings is 3. The Bertz CT molecular complexity index is 1890. The quantitative estimate of drug-likeness (QED) is 0.0298. The molecule has 17 heteroatoms. The second-order valence-electron chi connectivity index (χ2n) is 16.3. The first-order chi connectivity index (χ1) is 29.4. The number of nitrogens with one attached hydrogen (secondary N) is 2. The maximum Gasteiger partial charge on any atom is 0.355 e. The number of nitrogens with zero attached hydrogens (tertiary/aromatic N) is 2. The number of ether oxygens (including phenoxy) is 2. The molecule has 0 aromatic heterocycles. The van der Waals surface area contributed by atoms with Gasteiger partial charge in [0.25, 0.3) is 17.7 Å². The van der Waals surface area contributed by atoms with Crippen LogP contribution in [0.3, 0.4) is 0 Å². The SMILES string of the molecule is C=C(N)S/C=C(C)/C(=C\CC)C(=O)NC1C(=O)N2C(C(=O)OC)=C(C[N+]34CCC(CNC(=O)c5ccc(O)c(O)c5F)(CC3)CC4)CSC12.CCCC.CCC[C@@H](C)C(=O)OC. The minimum atomic E-state index is -1.16. The number of phenolic OH excluding ortho intramolecular Hbond substituents is 2. The molecule has 3 amide bonds. The highest BCUT2D eigenvalue weighted by atomic mass is 32.2. The molecule has 5 aliphatic rings. The summed E-state index contributed by atoms with van der Waals surface area (Å²) in [6.07, 6.45) is 9.44. The van der Waals surface area contributed by atoms with Gasteiger partial charge >= 0.3 is 11.9 Å². The van der Waals surface area contributed by atoms with Crippen molar-refractivity contribution in [1.82, 2.24) is 15.5 Å². The third kappa shape index (κ3) is 12.8. The molecule has 344 valence electrons. The van der Waals surface area contributed by atoms with Crippen LogP contribution in [0.1, 0.15) is 103 Å². The molecule has 4 fully saturated rings. The highest BCUT2D eigenvalue weighted by molar-refractivity contribution is 8.05. The van der Waals surface area contributed by atoms with Gasteiger partial charge in [0.05, 0.1) is 50.4 Å². The number of hydrogen-bond donors (Lipinski definition) is 5. The molecule has 0 saturated carbocycles. The summed E-state index contributed by atoms with van der Waals surface area (Å²) < 4.78 is 24.8. The number of quaternary nitrogens is 1. The molecule has 6 rings (SSSR count). The predicted molar refractivity (Wildman–Crippen MR) is 242 cm³/mol. The topological polar surface area (TPSA) is 198 Å². The summed E-state index contributed by atoms with van der Waals surface area (Å²) in [5, 5.41) is 26.6. The molecular weight excluding hydrogens is 838 g/mol. The number of allylic oxidation sites excluding steroid dienone is 1. The molecule has 5 aliphatic heterocycles. The number of hydrogen-bond acceptors (Lipinski definition) is 12. The third-order valence-corrected chi connectivity index (χ3v) is 14.0. The summed E-state index contributed by atoms with van der Waals surface area (Å²) in [6.45, 7) is 19.0. The van der Waals surface area contributed by atoms with Gasteiger partial charge in [0.15, 0.2) is 17.3 Å². The molecule has 0 aliphatic carbocycles. The lowest BCUT2D eigenvalue weighted by molar-refractivity contribution is -0.941. The second kappa shape index (κ2) is 23.8. The first-order valence-corrected chi connectivity index (χ1v) is 23.3. The number of carbonyl (C=O) groups excluding carboxylic acids is 5. The number of thioether (sulfide) groups is 2. The molecule has 2 bridgehead atoms. The van der Waals surface area contributed by atoms with Crippen molar-refractivity contribution in [3.63, 3.8) is 0 Å². The zero-order chi connectivity index (χ0) is 46.4. The maximum atomic E-state index is 14.4. The number of phenols is 2. The largest absolute Gasteiger partial charge is 0.504 e. The average Bonchev–Trinajstić information content (AvgIpc) is 3.27. The maximum absolute atomic E-state index is 14.4. The van der Waals surface area contributed by atoms with Crippen molar-refractivity contribution in [1.29, 1.82) is 0 Å². The lowest BCUT2D eigenvalue weighted by Gasteiger charge is -2.56. The lowest BCUT2D eigenvalue weighted by atomic mass is 9.70. The van der Waals surface area contributed by atoms with E-state index in [0.29, 0.717) is 41.4 Å². The van der Waals surface area contributed by atoms with Crippen LogP contribution in [0.5, 0.6) is 11.5 Å². The van der Waals surface area contributed by atoms with Crippen molar-refractivity contribution in [3.8, 4) is 11.5 Å². The first kappa shape index (κ1) is 51.9. The first-order valence-electron chi connectivity index (χ1n) is 21.3. The Kier molecular flexibility index (Phi) is 19.9. The molecular formula is C45H67FN5O9S2+. The molecule has 14 nitrogen and oxygen atoms in total. The standard InChI is InChI=1S/C34H42FN5O7S2.C7H14O2.C4H10/c1-5-6-22(19(2)16-48-20(3)36)30(44)38-26-31(45)39-27(33(46)47-4)21(17-49-32(26)39)15-40-12-9-34(10-13-40,11-14-40)18-37-29(43)23-7-8-24(41)28(42)25(23)35;1-4-5-6(2)7(8)9-3;1-3-4-2/h6-8,16,26,32H,3,5,9-15,17-18,36H2,1-2,4H3,(H3-,37,38,41,42,43,44);6H,4-5H2,1-3H3;3-4H2,1-2H3/p+1/b19-16+,22-6+;;/t;6-;/m.1./s1. The van der Waals surface area contributed by atoms with Gasteiger partial charge in [0.2, 0.25) is 0 Å². The minimum Gasteiger partial charge on any atom is -0.504 e. The van der Waals surface area contributed by atoms with Crippen LogP contribution < -0.4 is 16.4 Å². The number of rotatable bonds is 16. The van der Waals surface area contributed by atoms with Gasteiger partial charge in [-0.05, 0) is 42.9 Å². The number of amides is 3. The monoisotopic (exact) mass is 904 g/mol. The smallest absolute Gasteiger partial charge is 0.355 e. The van der Waals surface area contributed by atoms with E-state index >= 15 is 0 Å². The van der Waals surface area contributed by atoms with Crippen LogP contribution in [-0.4, -0.2) is 113 Å². The van der Waals surface area contributed by atoms with Crippen molar-refractivity contribution in [2.75, 3.05) is 52.7 Å². The molecule has 0 spiro atoms. The number of carbonyl (C=O) groups is 5. The molecule has 3 atom stereocenters. The molecule has 0 radical (unpaired) electrons. The predicted octanol–water partition coefficient (Wildman–Crippen LogP) is 6.60. The number of aromatic hydroxyl groups is 2. The van der Waals surface area contributed by atoms with E-state index in [2.05, 4.69) is 42.7 Å². The van der Waals surface area contributed by atoms with Gasteiger partial charge < -0.3 is 40.5 Å². The highest BCUT2D eigenvalue weighted by Gasteiger charge is 2.56. The Hall–Kier alpha value is -4.48. The fraction of sp³-hybridized carbons (Fsp3) is 0.578. The van der Waals surface area contributed by atoms with Crippen LogP contribution in [0.25, 0.3) is 0 Å². The number of methoxy groups -OCH3 is 2. The zero-order valence-corrected chi connectivity index (χ0v) is 39.2. The molecule has 1 aromatic rings. The Morgan fingerprint density at radius 3 is 2.24 bits per heavy atom. The van der Waals surface area contributed by atoms with Gasteiger partial charge in [-0.2, -0.15) is 0 Å². The van der Waals surface area contributed by atoms with Gasteiger partial charge in [-0.1, -0.05) is 78.3 Å². The Balaban J connectivity index is 0.000000685. The number of unbranched alkanes of at least 4 members (excludes halogenated alkanes) is 1. The summed E-state index contributed by atoms with van der Waals surface area (Å²) in [7, 11) is 2.72. The van der Waals surface area contributed by atoms with Crippen LogP contribution in [-0.2, 0) is 28.7 Å². The van der Waals surface area contributed by atoms with Crippen LogP contribution in [0, 0.1) is 17.2 Å². The van der Waals surface area contributed by atoms with Crippen molar-refractivity contribution < 1.29 is 52.5 Å². The molecule has 5 heterocycles. The van der Waals surface area contributed by atoms with Crippen molar-refractivity contribution in [2.45, 2.75) is 104 Å². The summed E-state index contributed by atoms with van der Waals surface area (Å²) >= 11 is 2.73. The van der Waals surface area contributed by atoms with Crippen LogP contribution in [0.4, 0.5) is 4.39 Å². The van der Waals surface area contributed by atoms with Crippen molar-refractivity contribution in [2.24, 2.45) is 17.1 Å². The number of halogens is 1. The fourth-order valence-electron chi connectivity index (χ4n) is 7.86. The summed E-state index contributed by atoms with van der Waals surface area (Å²) in [4.78, 5) is 64.9. The van der Waals surface area contributed by atoms with E-state index in [4.69, 9.17) is 10.5 Å². The second-order valence-corrected chi connectivity index (χ2v) is 18.4. The van der Waals surface area contributed by atoms with E-state index in [9.17, 15) is 38.6 Å². The van der Waals surface area contributed by atoms with Crippen molar-refractivity contribution >= 4 is 53.2 Å². The molecule has 2 unspecified atom stereocenters. The fourth-order valence-corrected chi connectivity index (χ4v) is 9.65. The molecule has 6 N–H and O–H groups in total. The Morgan fingerprint density at radius 1 is 1.08 bits per heavy atom. The summed E-state index contributed by atoms with van der Waals surface area (Å²) in [5.41, 5.74) is 7.39. The van der Waals surface area contributed by atoms with E-state index in [1.807, 2.05) is 13.8 Å². The average molecular weight is 905 g/mol. The molecule has 1 aromatic carbocycles. The number of fused-ring (bicyclic) bond motifs is 4. The van der Waals surface area contributed by atoms with Gasteiger partial charge in [0, 0.05) is 48.1 Å². The van der Waals surface area contributed by atoms with Gasteiger partial charge in [-0.15, -0.1) is 11.8 Å². The minimum absolute atomic E-state index is 0.0694. The normalized spacial score (nSPS) is 23.3. The number of benzene rings is 1.